The van der Waals surface area contributed by atoms with Gasteiger partial charge in [-0.3, -0.25) is 0 Å². The summed E-state index contributed by atoms with van der Waals surface area (Å²) in [6, 6.07) is 0. The normalized spacial score (nSPS) is 21.1. The molecule has 0 radical (unpaired) electrons. The van der Waals surface area contributed by atoms with E-state index in [-0.39, 0.29) is 18.2 Å². The minimum atomic E-state index is -1.17. The van der Waals surface area contributed by atoms with Crippen molar-refractivity contribution < 1.29 is 19.7 Å². The Morgan fingerprint density at radius 2 is 1.79 bits per heavy atom. The molecule has 0 aliphatic carbocycles. The van der Waals surface area contributed by atoms with Crippen molar-refractivity contribution in [3.63, 3.8) is 0 Å². The number of benzene rings is 1. The van der Waals surface area contributed by atoms with E-state index in [9.17, 15) is 15.0 Å². The maximum Gasteiger partial charge on any atom is 0.347 e. The molecule has 1 aliphatic heterocycles. The predicted molar refractivity (Wildman–Crippen MR) is 74.6 cm³/mol. The summed E-state index contributed by atoms with van der Waals surface area (Å²) < 4.78 is 5.72. The SMILES string of the molecule is Cc1c(C)c2c(c(C)c1O)CCC(C)(C(=O)O)O2.Cl. The molecule has 1 atom stereocenters. The molecule has 0 amide bonds. The molecule has 0 saturated heterocycles. The van der Waals surface area contributed by atoms with Crippen molar-refractivity contribution in [1.29, 1.82) is 0 Å². The molecule has 2 N–H and O–H groups in total. The Balaban J connectivity index is 0.00000180. The highest BCUT2D eigenvalue weighted by atomic mass is 35.5. The van der Waals surface area contributed by atoms with Gasteiger partial charge < -0.3 is 14.9 Å². The second-order valence-corrected chi connectivity index (χ2v) is 5.17. The van der Waals surface area contributed by atoms with Gasteiger partial charge in [-0.15, -0.1) is 12.4 Å². The average molecular weight is 287 g/mol. The Hall–Kier alpha value is -1.42. The number of aliphatic carboxylic acids is 1. The number of rotatable bonds is 1. The van der Waals surface area contributed by atoms with Crippen LogP contribution in [0.15, 0.2) is 0 Å². The van der Waals surface area contributed by atoms with E-state index < -0.39 is 11.6 Å². The lowest BCUT2D eigenvalue weighted by Crippen LogP contribution is -2.44. The Kier molecular flexibility index (Phi) is 4.06. The summed E-state index contributed by atoms with van der Waals surface area (Å²) in [4.78, 5) is 11.3. The molecule has 1 unspecified atom stereocenters. The van der Waals surface area contributed by atoms with E-state index in [0.717, 1.165) is 22.3 Å². The first-order chi connectivity index (χ1) is 8.28. The van der Waals surface area contributed by atoms with E-state index >= 15 is 0 Å². The van der Waals surface area contributed by atoms with Gasteiger partial charge in [-0.2, -0.15) is 0 Å². The third-order valence-corrected chi connectivity index (χ3v) is 3.97. The van der Waals surface area contributed by atoms with Crippen LogP contribution in [0.2, 0.25) is 0 Å². The molecule has 5 heteroatoms. The molecule has 106 valence electrons. The largest absolute Gasteiger partial charge is 0.507 e. The van der Waals surface area contributed by atoms with Gasteiger partial charge in [0, 0.05) is 12.0 Å². The van der Waals surface area contributed by atoms with Gasteiger partial charge in [0.1, 0.15) is 11.5 Å². The zero-order valence-corrected chi connectivity index (χ0v) is 12.3. The quantitative estimate of drug-likeness (QED) is 0.833. The van der Waals surface area contributed by atoms with Crippen LogP contribution in [0.3, 0.4) is 0 Å². The number of halogens is 1. The number of hydrogen-bond acceptors (Lipinski definition) is 3. The van der Waals surface area contributed by atoms with Crippen LogP contribution in [-0.4, -0.2) is 21.8 Å². The van der Waals surface area contributed by atoms with Gasteiger partial charge in [-0.1, -0.05) is 0 Å². The summed E-state index contributed by atoms with van der Waals surface area (Å²) >= 11 is 0. The number of carboxylic acids is 1. The van der Waals surface area contributed by atoms with Gasteiger partial charge in [0.2, 0.25) is 5.60 Å². The fraction of sp³-hybridized carbons (Fsp3) is 0.500. The molecular weight excluding hydrogens is 268 g/mol. The fourth-order valence-electron chi connectivity index (χ4n) is 2.40. The third kappa shape index (κ3) is 2.25. The molecule has 4 nitrogen and oxygen atoms in total. The van der Waals surface area contributed by atoms with E-state index in [0.29, 0.717) is 18.6 Å². The first-order valence-corrected chi connectivity index (χ1v) is 6.02. The zero-order valence-electron chi connectivity index (χ0n) is 11.5. The van der Waals surface area contributed by atoms with Crippen molar-refractivity contribution >= 4 is 18.4 Å². The topological polar surface area (TPSA) is 66.8 Å². The number of phenolic OH excluding ortho intramolecular Hbond substituents is 1. The Morgan fingerprint density at radius 1 is 1.21 bits per heavy atom. The number of fused-ring (bicyclic) bond motifs is 1. The first-order valence-electron chi connectivity index (χ1n) is 6.02. The molecular formula is C14H19ClO4. The maximum absolute atomic E-state index is 11.3. The number of ether oxygens (including phenoxy) is 1. The highest BCUT2D eigenvalue weighted by Crippen LogP contribution is 2.43. The summed E-state index contributed by atoms with van der Waals surface area (Å²) in [5.41, 5.74) is 2.11. The van der Waals surface area contributed by atoms with Crippen LogP contribution in [0, 0.1) is 20.8 Å². The van der Waals surface area contributed by atoms with Gasteiger partial charge in [-0.25, -0.2) is 4.79 Å². The molecule has 1 heterocycles. The minimum Gasteiger partial charge on any atom is -0.507 e. The van der Waals surface area contributed by atoms with Gasteiger partial charge >= 0.3 is 5.97 Å². The van der Waals surface area contributed by atoms with Crippen LogP contribution in [0.25, 0.3) is 0 Å². The van der Waals surface area contributed by atoms with Crippen LogP contribution in [0.1, 0.15) is 35.6 Å². The summed E-state index contributed by atoms with van der Waals surface area (Å²) in [7, 11) is 0. The number of aromatic hydroxyl groups is 1. The second kappa shape index (κ2) is 4.93. The lowest BCUT2D eigenvalue weighted by Gasteiger charge is -2.34. The Bertz CT molecular complexity index is 539. The van der Waals surface area contributed by atoms with Crippen LogP contribution in [0.4, 0.5) is 0 Å². The molecule has 0 fully saturated rings. The first kappa shape index (κ1) is 15.6. The smallest absolute Gasteiger partial charge is 0.347 e. The van der Waals surface area contributed by atoms with Crippen molar-refractivity contribution in [2.45, 2.75) is 46.1 Å². The maximum atomic E-state index is 11.3. The van der Waals surface area contributed by atoms with E-state index in [1.807, 2.05) is 20.8 Å². The summed E-state index contributed by atoms with van der Waals surface area (Å²) in [5.74, 6) is -0.0383. The number of hydrogen-bond donors (Lipinski definition) is 2. The lowest BCUT2D eigenvalue weighted by atomic mass is 9.87. The van der Waals surface area contributed by atoms with E-state index in [1.54, 1.807) is 6.92 Å². The molecule has 1 aliphatic rings. The predicted octanol–water partition coefficient (Wildman–Crippen LogP) is 2.91. The van der Waals surface area contributed by atoms with Crippen LogP contribution >= 0.6 is 12.4 Å². The monoisotopic (exact) mass is 286 g/mol. The van der Waals surface area contributed by atoms with Gasteiger partial charge in [0.15, 0.2) is 0 Å². The second-order valence-electron chi connectivity index (χ2n) is 5.17. The molecule has 19 heavy (non-hydrogen) atoms. The fourth-order valence-corrected chi connectivity index (χ4v) is 2.40. The zero-order chi connectivity index (χ0) is 13.7. The molecule has 1 aromatic rings. The molecule has 0 bridgehead atoms. The molecule has 0 spiro atoms. The van der Waals surface area contributed by atoms with Crippen molar-refractivity contribution in [3.05, 3.63) is 22.3 Å². The van der Waals surface area contributed by atoms with E-state index in [1.165, 1.54) is 0 Å². The van der Waals surface area contributed by atoms with Crippen LogP contribution < -0.4 is 4.74 Å². The number of phenols is 1. The highest BCUT2D eigenvalue weighted by Gasteiger charge is 2.40. The molecule has 1 aromatic carbocycles. The Morgan fingerprint density at radius 3 is 2.32 bits per heavy atom. The van der Waals surface area contributed by atoms with E-state index in [4.69, 9.17) is 4.74 Å². The van der Waals surface area contributed by atoms with Gasteiger partial charge in [0.05, 0.1) is 0 Å². The van der Waals surface area contributed by atoms with Crippen LogP contribution in [-0.2, 0) is 11.2 Å². The lowest BCUT2D eigenvalue weighted by molar-refractivity contribution is -0.155. The molecule has 0 saturated carbocycles. The third-order valence-electron chi connectivity index (χ3n) is 3.97. The number of carboxylic acid groups (broad SMARTS) is 1. The molecule has 0 aromatic heterocycles. The summed E-state index contributed by atoms with van der Waals surface area (Å²) in [5, 5.41) is 19.2. The Labute approximate surface area is 118 Å². The van der Waals surface area contributed by atoms with Gasteiger partial charge in [0.25, 0.3) is 0 Å². The standard InChI is InChI=1S/C14H18O4.ClH/c1-7-8(2)12-10(9(3)11(7)15)5-6-14(4,18-12)13(16)17;/h15H,5-6H2,1-4H3,(H,16,17);1H. The van der Waals surface area contributed by atoms with E-state index in [2.05, 4.69) is 0 Å². The highest BCUT2D eigenvalue weighted by molar-refractivity contribution is 5.85. The summed E-state index contributed by atoms with van der Waals surface area (Å²) in [6.07, 6.45) is 1.02. The minimum absolute atomic E-state index is 0. The number of carbonyl (C=O) groups is 1. The van der Waals surface area contributed by atoms with Crippen molar-refractivity contribution in [1.82, 2.24) is 0 Å². The van der Waals surface area contributed by atoms with Crippen molar-refractivity contribution in [2.75, 3.05) is 0 Å². The van der Waals surface area contributed by atoms with Gasteiger partial charge in [-0.05, 0) is 50.8 Å². The van der Waals surface area contributed by atoms with Crippen molar-refractivity contribution in [2.24, 2.45) is 0 Å². The van der Waals surface area contributed by atoms with Crippen LogP contribution in [0.5, 0.6) is 11.5 Å². The molecule has 2 rings (SSSR count). The summed E-state index contributed by atoms with van der Waals surface area (Å²) in [6.45, 7) is 7.09. The van der Waals surface area contributed by atoms with Crippen molar-refractivity contribution in [3.8, 4) is 11.5 Å². The average Bonchev–Trinajstić information content (AvgIpc) is 2.33.